The van der Waals surface area contributed by atoms with Crippen molar-refractivity contribution in [3.8, 4) is 11.1 Å². The summed E-state index contributed by atoms with van der Waals surface area (Å²) in [6.45, 7) is 4.16. The van der Waals surface area contributed by atoms with Gasteiger partial charge in [-0.05, 0) is 48.1 Å². The van der Waals surface area contributed by atoms with Gasteiger partial charge in [-0.1, -0.05) is 63.1 Å². The number of rotatable bonds is 7. The molecule has 2 aromatic carbocycles. The van der Waals surface area contributed by atoms with Crippen LogP contribution in [0, 0.1) is 5.82 Å². The Bertz CT molecular complexity index is 654. The Hall–Kier alpha value is -1.96. The largest absolute Gasteiger partial charge is 0.212 e. The number of halogens is 2. The summed E-state index contributed by atoms with van der Waals surface area (Å²) >= 11 is 0. The van der Waals surface area contributed by atoms with Gasteiger partial charge in [-0.15, -0.1) is 0 Å². The van der Waals surface area contributed by atoms with Crippen LogP contribution in [0.15, 0.2) is 48.3 Å². The van der Waals surface area contributed by atoms with Crippen LogP contribution in [0.25, 0.3) is 17.2 Å². The maximum absolute atomic E-state index is 14.3. The molecule has 0 nitrogen and oxygen atoms in total. The van der Waals surface area contributed by atoms with Crippen molar-refractivity contribution < 1.29 is 8.78 Å². The molecule has 122 valence electrons. The van der Waals surface area contributed by atoms with Crippen molar-refractivity contribution >= 4 is 6.08 Å². The van der Waals surface area contributed by atoms with E-state index in [0.717, 1.165) is 31.2 Å². The standard InChI is InChI=1S/C21H24F2/c1-3-5-7-19(22)14-17-10-13-20(21(23)15-17)18-11-8-16(6-4-2)9-12-18/h8-15H,3-7H2,1-2H3/b19-14+. The Morgan fingerprint density at radius 1 is 1.00 bits per heavy atom. The second-order valence-corrected chi connectivity index (χ2v) is 5.88. The van der Waals surface area contributed by atoms with Crippen LogP contribution >= 0.6 is 0 Å². The summed E-state index contributed by atoms with van der Waals surface area (Å²) in [6, 6.07) is 12.9. The minimum absolute atomic E-state index is 0.192. The number of unbranched alkanes of at least 4 members (excludes halogenated alkanes) is 1. The molecule has 0 atom stereocenters. The fraction of sp³-hybridized carbons (Fsp3) is 0.333. The maximum atomic E-state index is 14.3. The molecule has 0 saturated heterocycles. The molecule has 0 aromatic heterocycles. The molecule has 0 saturated carbocycles. The Balaban J connectivity index is 2.18. The maximum Gasteiger partial charge on any atom is 0.131 e. The molecule has 23 heavy (non-hydrogen) atoms. The average Bonchev–Trinajstić information content (AvgIpc) is 2.54. The van der Waals surface area contributed by atoms with Crippen LogP contribution in [0.2, 0.25) is 0 Å². The smallest absolute Gasteiger partial charge is 0.131 e. The van der Waals surface area contributed by atoms with Crippen molar-refractivity contribution in [1.29, 1.82) is 0 Å². The van der Waals surface area contributed by atoms with Crippen LogP contribution in [0.5, 0.6) is 0 Å². The summed E-state index contributed by atoms with van der Waals surface area (Å²) in [6.07, 6.45) is 5.73. The summed E-state index contributed by atoms with van der Waals surface area (Å²) < 4.78 is 28.0. The Morgan fingerprint density at radius 3 is 2.35 bits per heavy atom. The lowest BCUT2D eigenvalue weighted by Gasteiger charge is -2.06. The van der Waals surface area contributed by atoms with Gasteiger partial charge in [0.2, 0.25) is 0 Å². The zero-order valence-corrected chi connectivity index (χ0v) is 13.9. The summed E-state index contributed by atoms with van der Waals surface area (Å²) in [4.78, 5) is 0. The quantitative estimate of drug-likeness (QED) is 0.519. The number of hydrogen-bond acceptors (Lipinski definition) is 0. The predicted octanol–water partition coefficient (Wildman–Crippen LogP) is 6.95. The Labute approximate surface area is 137 Å². The van der Waals surface area contributed by atoms with E-state index in [-0.39, 0.29) is 11.6 Å². The van der Waals surface area contributed by atoms with Crippen molar-refractivity contribution in [3.05, 3.63) is 65.2 Å². The fourth-order valence-electron chi connectivity index (χ4n) is 2.59. The highest BCUT2D eigenvalue weighted by Gasteiger charge is 2.06. The van der Waals surface area contributed by atoms with E-state index in [1.165, 1.54) is 17.7 Å². The van der Waals surface area contributed by atoms with Crippen LogP contribution in [-0.4, -0.2) is 0 Å². The fourth-order valence-corrected chi connectivity index (χ4v) is 2.59. The van der Waals surface area contributed by atoms with Crippen LogP contribution in [0.3, 0.4) is 0 Å². The van der Waals surface area contributed by atoms with Gasteiger partial charge in [0.05, 0.1) is 0 Å². The zero-order valence-electron chi connectivity index (χ0n) is 13.9. The molecule has 0 aliphatic rings. The van der Waals surface area contributed by atoms with Gasteiger partial charge in [-0.3, -0.25) is 0 Å². The van der Waals surface area contributed by atoms with Gasteiger partial charge >= 0.3 is 0 Å². The predicted molar refractivity (Wildman–Crippen MR) is 94.4 cm³/mol. The van der Waals surface area contributed by atoms with E-state index in [1.54, 1.807) is 12.1 Å². The molecule has 0 aliphatic heterocycles. The van der Waals surface area contributed by atoms with Crippen LogP contribution in [-0.2, 0) is 6.42 Å². The van der Waals surface area contributed by atoms with Gasteiger partial charge in [0.1, 0.15) is 11.6 Å². The number of hydrogen-bond donors (Lipinski definition) is 0. The molecular weight excluding hydrogens is 290 g/mol. The van der Waals surface area contributed by atoms with E-state index in [4.69, 9.17) is 0 Å². The third-order valence-corrected chi connectivity index (χ3v) is 3.89. The highest BCUT2D eigenvalue weighted by atomic mass is 19.1. The van der Waals surface area contributed by atoms with Gasteiger partial charge in [-0.2, -0.15) is 0 Å². The molecule has 0 aliphatic carbocycles. The minimum atomic E-state index is -0.315. The van der Waals surface area contributed by atoms with E-state index in [1.807, 2.05) is 31.2 Å². The highest BCUT2D eigenvalue weighted by molar-refractivity contribution is 5.67. The SMILES string of the molecule is CCCC/C(F)=C\c1ccc(-c2ccc(CCC)cc2)c(F)c1. The first kappa shape index (κ1) is 17.4. The molecule has 0 bridgehead atoms. The van der Waals surface area contributed by atoms with E-state index >= 15 is 0 Å². The number of allylic oxidation sites excluding steroid dienone is 1. The summed E-state index contributed by atoms with van der Waals surface area (Å²) in [5.41, 5.74) is 3.24. The topological polar surface area (TPSA) is 0 Å². The Kier molecular flexibility index (Phi) is 6.52. The molecule has 0 radical (unpaired) electrons. The Morgan fingerprint density at radius 2 is 1.74 bits per heavy atom. The first-order valence-electron chi connectivity index (χ1n) is 8.39. The van der Waals surface area contributed by atoms with Gasteiger partial charge in [0.25, 0.3) is 0 Å². The van der Waals surface area contributed by atoms with Gasteiger partial charge in [-0.25, -0.2) is 8.78 Å². The van der Waals surface area contributed by atoms with Gasteiger partial charge < -0.3 is 0 Å². The molecule has 0 spiro atoms. The van der Waals surface area contributed by atoms with Crippen molar-refractivity contribution in [3.63, 3.8) is 0 Å². The molecule has 0 fully saturated rings. The van der Waals surface area contributed by atoms with E-state index in [2.05, 4.69) is 6.92 Å². The second-order valence-electron chi connectivity index (χ2n) is 5.88. The van der Waals surface area contributed by atoms with Crippen molar-refractivity contribution in [2.45, 2.75) is 46.0 Å². The molecule has 0 amide bonds. The van der Waals surface area contributed by atoms with E-state index in [0.29, 0.717) is 17.5 Å². The van der Waals surface area contributed by atoms with Crippen LogP contribution < -0.4 is 0 Å². The first-order chi connectivity index (χ1) is 11.1. The monoisotopic (exact) mass is 314 g/mol. The van der Waals surface area contributed by atoms with Crippen LogP contribution in [0.1, 0.15) is 50.7 Å². The van der Waals surface area contributed by atoms with Crippen molar-refractivity contribution in [2.75, 3.05) is 0 Å². The molecule has 2 rings (SSSR count). The molecule has 0 unspecified atom stereocenters. The molecule has 2 aromatic rings. The molecule has 2 heteroatoms. The molecule has 0 N–H and O–H groups in total. The normalized spacial score (nSPS) is 11.7. The second kappa shape index (κ2) is 8.61. The van der Waals surface area contributed by atoms with Gasteiger partial charge in [0, 0.05) is 5.56 Å². The zero-order chi connectivity index (χ0) is 16.7. The summed E-state index contributed by atoms with van der Waals surface area (Å²) in [7, 11) is 0. The summed E-state index contributed by atoms with van der Waals surface area (Å²) in [5, 5.41) is 0. The average molecular weight is 314 g/mol. The highest BCUT2D eigenvalue weighted by Crippen LogP contribution is 2.25. The summed E-state index contributed by atoms with van der Waals surface area (Å²) in [5.74, 6) is -0.506. The number of benzene rings is 2. The minimum Gasteiger partial charge on any atom is -0.212 e. The first-order valence-corrected chi connectivity index (χ1v) is 8.39. The van der Waals surface area contributed by atoms with E-state index in [9.17, 15) is 8.78 Å². The van der Waals surface area contributed by atoms with Crippen LogP contribution in [0.4, 0.5) is 8.78 Å². The lowest BCUT2D eigenvalue weighted by molar-refractivity contribution is 0.577. The third-order valence-electron chi connectivity index (χ3n) is 3.89. The molecule has 0 heterocycles. The lowest BCUT2D eigenvalue weighted by atomic mass is 10.0. The van der Waals surface area contributed by atoms with E-state index < -0.39 is 0 Å². The lowest BCUT2D eigenvalue weighted by Crippen LogP contribution is -1.88. The van der Waals surface area contributed by atoms with Crippen molar-refractivity contribution in [2.24, 2.45) is 0 Å². The van der Waals surface area contributed by atoms with Crippen molar-refractivity contribution in [1.82, 2.24) is 0 Å². The number of aryl methyl sites for hydroxylation is 1. The third kappa shape index (κ3) is 5.02. The van der Waals surface area contributed by atoms with Gasteiger partial charge in [0.15, 0.2) is 0 Å². The molecular formula is C21H24F2.